The lowest BCUT2D eigenvalue weighted by molar-refractivity contribution is -0.384. The molecular formula is C18H25N3O6. The number of hydrogen-bond donors (Lipinski definition) is 2. The first-order valence-corrected chi connectivity index (χ1v) is 8.96. The quantitative estimate of drug-likeness (QED) is 0.422. The Labute approximate surface area is 157 Å². The predicted molar refractivity (Wildman–Crippen MR) is 98.6 cm³/mol. The summed E-state index contributed by atoms with van der Waals surface area (Å²) < 4.78 is 5.14. The van der Waals surface area contributed by atoms with Crippen molar-refractivity contribution in [2.75, 3.05) is 25.1 Å². The van der Waals surface area contributed by atoms with Gasteiger partial charge in [-0.05, 0) is 39.2 Å². The minimum absolute atomic E-state index is 0.0507. The lowest BCUT2D eigenvalue weighted by Gasteiger charge is -2.38. The Bertz CT molecular complexity index is 698. The lowest BCUT2D eigenvalue weighted by atomic mass is 9.97. The Kier molecular flexibility index (Phi) is 7.12. The fraction of sp³-hybridized carbons (Fsp3) is 0.556. The third kappa shape index (κ3) is 5.16. The van der Waals surface area contributed by atoms with Gasteiger partial charge in [-0.1, -0.05) is 0 Å². The number of nitro benzene ring substituents is 1. The number of piperidine rings is 1. The lowest BCUT2D eigenvalue weighted by Crippen LogP contribution is -2.49. The van der Waals surface area contributed by atoms with Gasteiger partial charge in [0.2, 0.25) is 0 Å². The normalized spacial score (nSPS) is 19.4. The molecule has 0 aliphatic carbocycles. The summed E-state index contributed by atoms with van der Waals surface area (Å²) >= 11 is 0. The molecule has 1 saturated heterocycles. The number of anilines is 1. The van der Waals surface area contributed by atoms with Gasteiger partial charge < -0.3 is 20.1 Å². The number of amides is 1. The average molecular weight is 379 g/mol. The van der Waals surface area contributed by atoms with Crippen molar-refractivity contribution in [3.05, 3.63) is 33.9 Å². The summed E-state index contributed by atoms with van der Waals surface area (Å²) in [4.78, 5) is 37.0. The van der Waals surface area contributed by atoms with Gasteiger partial charge in [0.1, 0.15) is 0 Å². The van der Waals surface area contributed by atoms with Crippen molar-refractivity contribution in [3.63, 3.8) is 0 Å². The zero-order chi connectivity index (χ0) is 20.0. The van der Waals surface area contributed by atoms with E-state index in [0.717, 1.165) is 25.3 Å². The number of rotatable bonds is 7. The van der Waals surface area contributed by atoms with Crippen LogP contribution in [0, 0.1) is 10.1 Å². The van der Waals surface area contributed by atoms with Crippen LogP contribution in [0.15, 0.2) is 18.2 Å². The SMILES string of the molecule is C[C@@H]1CCC[C@H](C)N1C(=O)COC(=O)c1cc([N+](=O)[O-])ccc1NCCO. The van der Waals surface area contributed by atoms with E-state index in [0.29, 0.717) is 5.69 Å². The Morgan fingerprint density at radius 3 is 2.59 bits per heavy atom. The molecule has 1 aromatic rings. The van der Waals surface area contributed by atoms with Gasteiger partial charge in [-0.15, -0.1) is 0 Å². The topological polar surface area (TPSA) is 122 Å². The number of non-ortho nitro benzene ring substituents is 1. The van der Waals surface area contributed by atoms with E-state index in [4.69, 9.17) is 9.84 Å². The molecule has 9 heteroatoms. The molecule has 0 saturated carbocycles. The van der Waals surface area contributed by atoms with Gasteiger partial charge in [-0.2, -0.15) is 0 Å². The van der Waals surface area contributed by atoms with Crippen LogP contribution in [0.4, 0.5) is 11.4 Å². The van der Waals surface area contributed by atoms with Crippen molar-refractivity contribution in [3.8, 4) is 0 Å². The Hall–Kier alpha value is -2.68. The van der Waals surface area contributed by atoms with E-state index >= 15 is 0 Å². The Morgan fingerprint density at radius 1 is 1.33 bits per heavy atom. The van der Waals surface area contributed by atoms with Crippen molar-refractivity contribution >= 4 is 23.3 Å². The van der Waals surface area contributed by atoms with Crippen LogP contribution in [0.5, 0.6) is 0 Å². The first kappa shape index (κ1) is 20.6. The number of carbonyl (C=O) groups is 2. The van der Waals surface area contributed by atoms with Crippen LogP contribution in [0.1, 0.15) is 43.5 Å². The number of nitro groups is 1. The number of carbonyl (C=O) groups excluding carboxylic acids is 2. The third-order valence-electron chi connectivity index (χ3n) is 4.67. The van der Waals surface area contributed by atoms with E-state index in [1.165, 1.54) is 12.1 Å². The molecule has 9 nitrogen and oxygen atoms in total. The monoisotopic (exact) mass is 379 g/mol. The van der Waals surface area contributed by atoms with Crippen LogP contribution < -0.4 is 5.32 Å². The van der Waals surface area contributed by atoms with E-state index in [1.807, 2.05) is 13.8 Å². The summed E-state index contributed by atoms with van der Waals surface area (Å²) in [6.07, 6.45) is 2.87. The summed E-state index contributed by atoms with van der Waals surface area (Å²) in [6.45, 7) is 3.50. The van der Waals surface area contributed by atoms with Crippen LogP contribution in [-0.4, -0.2) is 58.6 Å². The average Bonchev–Trinajstić information content (AvgIpc) is 2.64. The van der Waals surface area contributed by atoms with Crippen molar-refractivity contribution in [2.24, 2.45) is 0 Å². The van der Waals surface area contributed by atoms with Gasteiger partial charge >= 0.3 is 5.97 Å². The molecule has 1 amide bonds. The first-order chi connectivity index (χ1) is 12.8. The van der Waals surface area contributed by atoms with Gasteiger partial charge in [-0.3, -0.25) is 14.9 Å². The maximum atomic E-state index is 12.5. The number of nitrogens with zero attached hydrogens (tertiary/aromatic N) is 2. The van der Waals surface area contributed by atoms with Gasteiger partial charge in [-0.25, -0.2) is 4.79 Å². The maximum absolute atomic E-state index is 12.5. The molecule has 2 rings (SSSR count). The van der Waals surface area contributed by atoms with E-state index in [-0.39, 0.29) is 42.4 Å². The van der Waals surface area contributed by atoms with Crippen LogP contribution in [0.2, 0.25) is 0 Å². The number of hydrogen-bond acceptors (Lipinski definition) is 7. The second kappa shape index (κ2) is 9.31. The number of ether oxygens (including phenoxy) is 1. The van der Waals surface area contributed by atoms with Crippen LogP contribution in [0.25, 0.3) is 0 Å². The molecule has 1 heterocycles. The summed E-state index contributed by atoms with van der Waals surface area (Å²) in [7, 11) is 0. The zero-order valence-corrected chi connectivity index (χ0v) is 15.5. The molecule has 2 atom stereocenters. The maximum Gasteiger partial charge on any atom is 0.341 e. The van der Waals surface area contributed by atoms with Crippen LogP contribution in [0.3, 0.4) is 0 Å². The smallest absolute Gasteiger partial charge is 0.341 e. The van der Waals surface area contributed by atoms with Gasteiger partial charge in [0.15, 0.2) is 6.61 Å². The molecule has 0 aromatic heterocycles. The Morgan fingerprint density at radius 2 is 2.00 bits per heavy atom. The largest absolute Gasteiger partial charge is 0.452 e. The van der Waals surface area contributed by atoms with Crippen molar-refractivity contribution in [2.45, 2.75) is 45.2 Å². The van der Waals surface area contributed by atoms with Gasteiger partial charge in [0.05, 0.1) is 17.1 Å². The molecule has 148 valence electrons. The first-order valence-electron chi connectivity index (χ1n) is 8.96. The number of nitrogens with one attached hydrogen (secondary N) is 1. The molecule has 0 radical (unpaired) electrons. The molecular weight excluding hydrogens is 354 g/mol. The fourth-order valence-electron chi connectivity index (χ4n) is 3.35. The molecule has 1 aliphatic heterocycles. The highest BCUT2D eigenvalue weighted by Crippen LogP contribution is 2.24. The van der Waals surface area contributed by atoms with Crippen LogP contribution in [-0.2, 0) is 9.53 Å². The summed E-state index contributed by atoms with van der Waals surface area (Å²) in [6, 6.07) is 3.89. The molecule has 0 bridgehead atoms. The minimum atomic E-state index is -0.829. The van der Waals surface area contributed by atoms with Crippen LogP contribution >= 0.6 is 0 Å². The number of likely N-dealkylation sites (tertiary alicyclic amines) is 1. The molecule has 0 spiro atoms. The standard InChI is InChI=1S/C18H25N3O6/c1-12-4-3-5-13(2)20(12)17(23)11-27-18(24)15-10-14(21(25)26)6-7-16(15)19-8-9-22/h6-7,10,12-13,19,22H,3-5,8-9,11H2,1-2H3/t12-,13+. The molecule has 2 N–H and O–H groups in total. The van der Waals surface area contributed by atoms with Gasteiger partial charge in [0, 0.05) is 36.4 Å². The summed E-state index contributed by atoms with van der Waals surface area (Å²) in [5.41, 5.74) is -0.0156. The second-order valence-electron chi connectivity index (χ2n) is 6.64. The zero-order valence-electron chi connectivity index (χ0n) is 15.5. The predicted octanol–water partition coefficient (Wildman–Crippen LogP) is 1.95. The van der Waals surface area contributed by atoms with E-state index in [1.54, 1.807) is 4.90 Å². The number of aliphatic hydroxyl groups is 1. The number of benzene rings is 1. The highest BCUT2D eigenvalue weighted by Gasteiger charge is 2.29. The van der Waals surface area contributed by atoms with Gasteiger partial charge in [0.25, 0.3) is 11.6 Å². The van der Waals surface area contributed by atoms with E-state index < -0.39 is 17.5 Å². The van der Waals surface area contributed by atoms with E-state index in [2.05, 4.69) is 5.32 Å². The van der Waals surface area contributed by atoms with Crippen molar-refractivity contribution in [1.82, 2.24) is 4.90 Å². The summed E-state index contributed by atoms with van der Waals surface area (Å²) in [5, 5.41) is 22.7. The molecule has 1 fully saturated rings. The van der Waals surface area contributed by atoms with Crippen molar-refractivity contribution in [1.29, 1.82) is 0 Å². The molecule has 0 unspecified atom stereocenters. The number of esters is 1. The highest BCUT2D eigenvalue weighted by molar-refractivity contribution is 5.97. The fourth-order valence-corrected chi connectivity index (χ4v) is 3.35. The number of aliphatic hydroxyl groups excluding tert-OH is 1. The highest BCUT2D eigenvalue weighted by atomic mass is 16.6. The Balaban J connectivity index is 2.10. The molecule has 1 aliphatic rings. The minimum Gasteiger partial charge on any atom is -0.452 e. The second-order valence-corrected chi connectivity index (χ2v) is 6.64. The van der Waals surface area contributed by atoms with Crippen molar-refractivity contribution < 1.29 is 24.4 Å². The molecule has 27 heavy (non-hydrogen) atoms. The van der Waals surface area contributed by atoms with E-state index in [9.17, 15) is 19.7 Å². The summed E-state index contributed by atoms with van der Waals surface area (Å²) in [5.74, 6) is -1.11. The molecule has 1 aromatic carbocycles. The third-order valence-corrected chi connectivity index (χ3v) is 4.67.